The van der Waals surface area contributed by atoms with Gasteiger partial charge >= 0.3 is 0 Å². The minimum atomic E-state index is -0.852. The van der Waals surface area contributed by atoms with Crippen LogP contribution in [0.1, 0.15) is 32.3 Å². The first-order chi connectivity index (χ1) is 9.44. The third kappa shape index (κ3) is 3.16. The predicted molar refractivity (Wildman–Crippen MR) is 74.1 cm³/mol. The monoisotopic (exact) mass is 278 g/mol. The molecule has 2 nitrogen and oxygen atoms in total. The molecule has 1 atom stereocenters. The Balaban J connectivity index is 2.14. The zero-order valence-electron chi connectivity index (χ0n) is 12.0. The Morgan fingerprint density at radius 2 is 1.95 bits per heavy atom. The van der Waals surface area contributed by atoms with Crippen LogP contribution < -0.4 is 0 Å². The largest absolute Gasteiger partial charge is 0.285 e. The lowest BCUT2D eigenvalue weighted by Crippen LogP contribution is -2.50. The van der Waals surface area contributed by atoms with Crippen molar-refractivity contribution in [1.82, 2.24) is 4.90 Å². The van der Waals surface area contributed by atoms with Crippen molar-refractivity contribution in [2.75, 3.05) is 13.1 Å². The van der Waals surface area contributed by atoms with Gasteiger partial charge in [-0.25, -0.2) is 8.78 Å². The van der Waals surface area contributed by atoms with E-state index in [4.69, 9.17) is 0 Å². The summed E-state index contributed by atoms with van der Waals surface area (Å²) in [6, 6.07) is 6.23. The van der Waals surface area contributed by atoms with Crippen LogP contribution in [0.25, 0.3) is 0 Å². The summed E-state index contributed by atoms with van der Waals surface area (Å²) >= 11 is 0. The maximum atomic E-state index is 13.3. The third-order valence-corrected chi connectivity index (χ3v) is 4.25. The van der Waals surface area contributed by atoms with Crippen LogP contribution in [0, 0.1) is 28.9 Å². The molecule has 2 rings (SSSR count). The van der Waals surface area contributed by atoms with Crippen molar-refractivity contribution in [1.29, 1.82) is 5.26 Å². The Bertz CT molecular complexity index is 516. The summed E-state index contributed by atoms with van der Waals surface area (Å²) in [4.78, 5) is 2.16. The first-order valence-corrected chi connectivity index (χ1v) is 7.05. The lowest BCUT2D eigenvalue weighted by molar-refractivity contribution is 0.103. The van der Waals surface area contributed by atoms with Gasteiger partial charge in [-0.1, -0.05) is 13.0 Å². The van der Waals surface area contributed by atoms with Crippen LogP contribution in [-0.2, 0) is 6.42 Å². The van der Waals surface area contributed by atoms with E-state index >= 15 is 0 Å². The average Bonchev–Trinajstić information content (AvgIpc) is 2.43. The van der Waals surface area contributed by atoms with Crippen molar-refractivity contribution in [2.24, 2.45) is 5.92 Å². The molecule has 0 amide bonds. The van der Waals surface area contributed by atoms with E-state index in [1.54, 1.807) is 6.07 Å². The number of likely N-dealkylation sites (tertiary alicyclic amines) is 1. The van der Waals surface area contributed by atoms with Crippen molar-refractivity contribution < 1.29 is 8.78 Å². The van der Waals surface area contributed by atoms with Gasteiger partial charge in [0.05, 0.1) is 6.07 Å². The number of halogens is 2. The lowest BCUT2D eigenvalue weighted by atomic mass is 9.88. The molecule has 108 valence electrons. The van der Waals surface area contributed by atoms with Gasteiger partial charge in [-0.05, 0) is 56.5 Å². The second kappa shape index (κ2) is 5.88. The molecule has 4 heteroatoms. The number of benzene rings is 1. The van der Waals surface area contributed by atoms with Crippen molar-refractivity contribution in [3.63, 3.8) is 0 Å². The van der Waals surface area contributed by atoms with Crippen molar-refractivity contribution in [2.45, 2.75) is 38.6 Å². The fourth-order valence-electron chi connectivity index (χ4n) is 2.77. The first-order valence-electron chi connectivity index (χ1n) is 7.05. The fraction of sp³-hybridized carbons (Fsp3) is 0.562. The molecule has 0 radical (unpaired) electrons. The summed E-state index contributed by atoms with van der Waals surface area (Å²) in [7, 11) is 0. The highest BCUT2D eigenvalue weighted by atomic mass is 19.2. The Morgan fingerprint density at radius 3 is 2.50 bits per heavy atom. The molecule has 1 fully saturated rings. The number of hydrogen-bond acceptors (Lipinski definition) is 2. The van der Waals surface area contributed by atoms with Crippen LogP contribution in [0.5, 0.6) is 0 Å². The predicted octanol–water partition coefficient (Wildman–Crippen LogP) is 3.52. The Morgan fingerprint density at radius 1 is 1.30 bits per heavy atom. The number of piperidine rings is 1. The van der Waals surface area contributed by atoms with Gasteiger partial charge in [-0.3, -0.25) is 4.90 Å². The van der Waals surface area contributed by atoms with E-state index in [-0.39, 0.29) is 0 Å². The van der Waals surface area contributed by atoms with Crippen molar-refractivity contribution >= 4 is 0 Å². The molecule has 0 spiro atoms. The average molecular weight is 278 g/mol. The number of nitrogens with zero attached hydrogens (tertiary/aromatic N) is 2. The van der Waals surface area contributed by atoms with E-state index in [1.165, 1.54) is 6.07 Å². The quantitative estimate of drug-likeness (QED) is 0.846. The van der Waals surface area contributed by atoms with Gasteiger partial charge in [0.25, 0.3) is 0 Å². The SMILES string of the molecule is CC1CCN(C(C)(C#N)Cc2ccc(F)c(F)c2)CC1. The molecule has 1 unspecified atom stereocenters. The molecule has 0 bridgehead atoms. The molecule has 0 aromatic heterocycles. The van der Waals surface area contributed by atoms with Crippen LogP contribution in [0.4, 0.5) is 8.78 Å². The Labute approximate surface area is 119 Å². The van der Waals surface area contributed by atoms with Gasteiger partial charge in [0.15, 0.2) is 11.6 Å². The van der Waals surface area contributed by atoms with E-state index in [0.717, 1.165) is 32.0 Å². The normalized spacial score (nSPS) is 20.4. The molecule has 1 heterocycles. The summed E-state index contributed by atoms with van der Waals surface area (Å²) < 4.78 is 26.2. The highest BCUT2D eigenvalue weighted by Gasteiger charge is 2.34. The second-order valence-electron chi connectivity index (χ2n) is 5.98. The van der Waals surface area contributed by atoms with E-state index < -0.39 is 17.2 Å². The molecule has 0 N–H and O–H groups in total. The van der Waals surface area contributed by atoms with E-state index in [9.17, 15) is 14.0 Å². The van der Waals surface area contributed by atoms with E-state index in [1.807, 2.05) is 6.92 Å². The Hall–Kier alpha value is -1.47. The number of nitriles is 1. The van der Waals surface area contributed by atoms with Crippen LogP contribution in [0.15, 0.2) is 18.2 Å². The van der Waals surface area contributed by atoms with Crippen LogP contribution in [-0.4, -0.2) is 23.5 Å². The van der Waals surface area contributed by atoms with Crippen molar-refractivity contribution in [3.8, 4) is 6.07 Å². The van der Waals surface area contributed by atoms with E-state index in [0.29, 0.717) is 17.9 Å². The molecular formula is C16H20F2N2. The summed E-state index contributed by atoms with van der Waals surface area (Å²) in [6.07, 6.45) is 2.57. The minimum Gasteiger partial charge on any atom is -0.285 e. The third-order valence-electron chi connectivity index (χ3n) is 4.25. The first kappa shape index (κ1) is 14.9. The topological polar surface area (TPSA) is 27.0 Å². The number of rotatable bonds is 3. The summed E-state index contributed by atoms with van der Waals surface area (Å²) in [6.45, 7) is 5.87. The Kier molecular flexibility index (Phi) is 4.39. The van der Waals surface area contributed by atoms with Crippen LogP contribution in [0.3, 0.4) is 0 Å². The summed E-state index contributed by atoms with van der Waals surface area (Å²) in [5.74, 6) is -1.01. The smallest absolute Gasteiger partial charge is 0.159 e. The molecule has 1 aromatic carbocycles. The number of hydrogen-bond donors (Lipinski definition) is 0. The van der Waals surface area contributed by atoms with E-state index in [2.05, 4.69) is 17.9 Å². The fourth-order valence-corrected chi connectivity index (χ4v) is 2.77. The van der Waals surface area contributed by atoms with Gasteiger partial charge in [0, 0.05) is 6.42 Å². The standard InChI is InChI=1S/C16H20F2N2/c1-12-5-7-20(8-6-12)16(2,11-19)10-13-3-4-14(17)15(18)9-13/h3-4,9,12H,5-8,10H2,1-2H3. The lowest BCUT2D eigenvalue weighted by Gasteiger charge is -2.40. The maximum absolute atomic E-state index is 13.3. The molecule has 1 aromatic rings. The van der Waals surface area contributed by atoms with Crippen molar-refractivity contribution in [3.05, 3.63) is 35.4 Å². The van der Waals surface area contributed by atoms with Gasteiger partial charge in [-0.2, -0.15) is 5.26 Å². The zero-order valence-corrected chi connectivity index (χ0v) is 12.0. The van der Waals surface area contributed by atoms with Gasteiger partial charge < -0.3 is 0 Å². The minimum absolute atomic E-state index is 0.412. The molecule has 0 saturated carbocycles. The molecule has 1 saturated heterocycles. The van der Waals surface area contributed by atoms with Gasteiger partial charge in [0.1, 0.15) is 5.54 Å². The van der Waals surface area contributed by atoms with Crippen LogP contribution >= 0.6 is 0 Å². The highest BCUT2D eigenvalue weighted by Crippen LogP contribution is 2.27. The van der Waals surface area contributed by atoms with Crippen LogP contribution in [0.2, 0.25) is 0 Å². The summed E-state index contributed by atoms with van der Waals surface area (Å²) in [5.41, 5.74) is -0.00343. The molecule has 0 aliphatic carbocycles. The highest BCUT2D eigenvalue weighted by molar-refractivity contribution is 5.23. The molecular weight excluding hydrogens is 258 g/mol. The molecule has 1 aliphatic heterocycles. The molecule has 1 aliphatic rings. The van der Waals surface area contributed by atoms with Gasteiger partial charge in [0.2, 0.25) is 0 Å². The van der Waals surface area contributed by atoms with Gasteiger partial charge in [-0.15, -0.1) is 0 Å². The second-order valence-corrected chi connectivity index (χ2v) is 5.98. The summed E-state index contributed by atoms with van der Waals surface area (Å²) in [5, 5.41) is 9.53. The maximum Gasteiger partial charge on any atom is 0.159 e. The molecule has 20 heavy (non-hydrogen) atoms. The zero-order chi connectivity index (χ0) is 14.8.